The summed E-state index contributed by atoms with van der Waals surface area (Å²) in [4.78, 5) is 45.5. The van der Waals surface area contributed by atoms with Crippen LogP contribution in [-0.2, 0) is 16.8 Å². The Balaban J connectivity index is 1.33. The number of aromatic amines is 1. The number of anilines is 1. The SMILES string of the molecule is CCN(CCN(C)C)C(=O)C(Cc1cc(C)c2[nH]ncc2c1)NC(=O)N1CCC2(CC1)NC(=O)Nc1ccccc12. The molecule has 1 saturated heterocycles. The maximum absolute atomic E-state index is 13.8. The van der Waals surface area contributed by atoms with Crippen LogP contribution in [0.15, 0.2) is 42.6 Å². The molecule has 0 aliphatic carbocycles. The normalized spacial score (nSPS) is 16.7. The number of aromatic nitrogens is 2. The van der Waals surface area contributed by atoms with Gasteiger partial charge in [-0.2, -0.15) is 5.10 Å². The number of fused-ring (bicyclic) bond motifs is 3. The minimum absolute atomic E-state index is 0.0966. The number of hydrogen-bond donors (Lipinski definition) is 4. The van der Waals surface area contributed by atoms with Crippen molar-refractivity contribution in [2.45, 2.75) is 44.7 Å². The molecule has 218 valence electrons. The van der Waals surface area contributed by atoms with Crippen molar-refractivity contribution in [2.75, 3.05) is 52.1 Å². The van der Waals surface area contributed by atoms with Gasteiger partial charge in [0.05, 0.1) is 17.3 Å². The zero-order valence-electron chi connectivity index (χ0n) is 24.3. The third-order valence-corrected chi connectivity index (χ3v) is 8.30. The summed E-state index contributed by atoms with van der Waals surface area (Å²) < 4.78 is 0. The molecular formula is C30H40N8O3. The van der Waals surface area contributed by atoms with E-state index in [0.717, 1.165) is 39.8 Å². The molecule has 3 aromatic rings. The first-order chi connectivity index (χ1) is 19.7. The van der Waals surface area contributed by atoms with Crippen LogP contribution in [0.25, 0.3) is 10.9 Å². The van der Waals surface area contributed by atoms with Gasteiger partial charge in [-0.15, -0.1) is 0 Å². The van der Waals surface area contributed by atoms with Crippen molar-refractivity contribution in [1.29, 1.82) is 0 Å². The van der Waals surface area contributed by atoms with Crippen molar-refractivity contribution >= 4 is 34.6 Å². The van der Waals surface area contributed by atoms with Crippen molar-refractivity contribution in [2.24, 2.45) is 0 Å². The molecule has 0 saturated carbocycles. The van der Waals surface area contributed by atoms with Gasteiger partial charge in [-0.05, 0) is 64.0 Å². The lowest BCUT2D eigenvalue weighted by atomic mass is 9.79. The molecule has 3 heterocycles. The second-order valence-electron chi connectivity index (χ2n) is 11.4. The number of likely N-dealkylation sites (N-methyl/N-ethyl adjacent to an activating group) is 2. The molecule has 1 unspecified atom stereocenters. The number of H-pyrrole nitrogens is 1. The van der Waals surface area contributed by atoms with Crippen molar-refractivity contribution in [3.8, 4) is 0 Å². The molecule has 2 aliphatic rings. The monoisotopic (exact) mass is 560 g/mol. The second-order valence-corrected chi connectivity index (χ2v) is 11.4. The molecule has 1 fully saturated rings. The fourth-order valence-corrected chi connectivity index (χ4v) is 6.01. The Morgan fingerprint density at radius 2 is 1.90 bits per heavy atom. The van der Waals surface area contributed by atoms with Crippen LogP contribution in [0.1, 0.15) is 36.5 Å². The molecule has 11 heteroatoms. The second kappa shape index (κ2) is 11.8. The summed E-state index contributed by atoms with van der Waals surface area (Å²) in [6, 6.07) is 10.7. The Morgan fingerprint density at radius 1 is 1.15 bits per heavy atom. The lowest BCUT2D eigenvalue weighted by molar-refractivity contribution is -0.133. The number of urea groups is 2. The first-order valence-corrected chi connectivity index (χ1v) is 14.3. The minimum Gasteiger partial charge on any atom is -0.340 e. The molecule has 1 aromatic heterocycles. The lowest BCUT2D eigenvalue weighted by Crippen LogP contribution is -2.60. The van der Waals surface area contributed by atoms with Gasteiger partial charge in [-0.3, -0.25) is 9.89 Å². The number of carbonyl (C=O) groups is 3. The number of nitrogens with zero attached hydrogens (tertiary/aromatic N) is 4. The largest absolute Gasteiger partial charge is 0.340 e. The highest BCUT2D eigenvalue weighted by Gasteiger charge is 2.43. The van der Waals surface area contributed by atoms with E-state index in [1.165, 1.54) is 0 Å². The molecule has 4 N–H and O–H groups in total. The van der Waals surface area contributed by atoms with Crippen molar-refractivity contribution in [1.82, 2.24) is 35.5 Å². The van der Waals surface area contributed by atoms with E-state index >= 15 is 0 Å². The number of para-hydroxylation sites is 1. The molecule has 1 atom stereocenters. The number of nitrogens with one attached hydrogen (secondary N) is 4. The van der Waals surface area contributed by atoms with E-state index in [0.29, 0.717) is 45.4 Å². The van der Waals surface area contributed by atoms with Gasteiger partial charge in [0.25, 0.3) is 0 Å². The molecule has 1 spiro atoms. The zero-order chi connectivity index (χ0) is 29.1. The number of piperidine rings is 1. The van der Waals surface area contributed by atoms with Crippen LogP contribution < -0.4 is 16.0 Å². The van der Waals surface area contributed by atoms with Crippen LogP contribution >= 0.6 is 0 Å². The van der Waals surface area contributed by atoms with E-state index in [1.54, 1.807) is 16.0 Å². The third kappa shape index (κ3) is 6.00. The summed E-state index contributed by atoms with van der Waals surface area (Å²) in [6.45, 7) is 6.75. The molecule has 5 rings (SSSR count). The van der Waals surface area contributed by atoms with E-state index in [4.69, 9.17) is 0 Å². The Bertz CT molecular complexity index is 1430. The molecule has 5 amide bonds. The van der Waals surface area contributed by atoms with Crippen LogP contribution in [0, 0.1) is 6.92 Å². The van der Waals surface area contributed by atoms with Gasteiger partial charge in [-0.25, -0.2) is 9.59 Å². The highest BCUT2D eigenvalue weighted by Crippen LogP contribution is 2.39. The number of carbonyl (C=O) groups excluding carboxylic acids is 3. The number of aryl methyl sites for hydroxylation is 1. The first kappa shape index (κ1) is 28.4. The van der Waals surface area contributed by atoms with E-state index < -0.39 is 11.6 Å². The van der Waals surface area contributed by atoms with Crippen molar-refractivity contribution < 1.29 is 14.4 Å². The number of benzene rings is 2. The fraction of sp³-hybridized carbons (Fsp3) is 0.467. The van der Waals surface area contributed by atoms with Crippen LogP contribution in [-0.4, -0.2) is 95.7 Å². The molecule has 11 nitrogen and oxygen atoms in total. The van der Waals surface area contributed by atoms with Gasteiger partial charge in [0.2, 0.25) is 5.91 Å². The van der Waals surface area contributed by atoms with E-state index in [2.05, 4.69) is 26.1 Å². The molecule has 41 heavy (non-hydrogen) atoms. The zero-order valence-corrected chi connectivity index (χ0v) is 24.3. The number of likely N-dealkylation sites (tertiary alicyclic amines) is 1. The smallest absolute Gasteiger partial charge is 0.319 e. The quantitative estimate of drug-likeness (QED) is 0.337. The molecule has 0 radical (unpaired) electrons. The predicted octanol–water partition coefficient (Wildman–Crippen LogP) is 3.03. The minimum atomic E-state index is -0.719. The predicted molar refractivity (Wildman–Crippen MR) is 159 cm³/mol. The average Bonchev–Trinajstić information content (AvgIpc) is 3.42. The Labute approximate surface area is 240 Å². The van der Waals surface area contributed by atoms with Gasteiger partial charge in [0.1, 0.15) is 6.04 Å². The van der Waals surface area contributed by atoms with Crippen LogP contribution in [0.5, 0.6) is 0 Å². The fourth-order valence-electron chi connectivity index (χ4n) is 6.01. The van der Waals surface area contributed by atoms with Crippen LogP contribution in [0.4, 0.5) is 15.3 Å². The number of hydrogen-bond acceptors (Lipinski definition) is 5. The summed E-state index contributed by atoms with van der Waals surface area (Å²) >= 11 is 0. The lowest BCUT2D eigenvalue weighted by Gasteiger charge is -2.45. The Morgan fingerprint density at radius 3 is 2.63 bits per heavy atom. The van der Waals surface area contributed by atoms with E-state index in [-0.39, 0.29) is 18.0 Å². The van der Waals surface area contributed by atoms with Gasteiger partial charge < -0.3 is 30.7 Å². The van der Waals surface area contributed by atoms with Crippen LogP contribution in [0.3, 0.4) is 0 Å². The third-order valence-electron chi connectivity index (χ3n) is 8.30. The first-order valence-electron chi connectivity index (χ1n) is 14.3. The highest BCUT2D eigenvalue weighted by molar-refractivity contribution is 5.94. The number of amides is 5. The highest BCUT2D eigenvalue weighted by atomic mass is 16.2. The Kier molecular flexibility index (Phi) is 8.16. The topological polar surface area (TPSA) is 126 Å². The maximum atomic E-state index is 13.8. The van der Waals surface area contributed by atoms with E-state index in [1.807, 2.05) is 69.2 Å². The van der Waals surface area contributed by atoms with E-state index in [9.17, 15) is 14.4 Å². The van der Waals surface area contributed by atoms with Gasteiger partial charge in [-0.1, -0.05) is 24.3 Å². The van der Waals surface area contributed by atoms with Gasteiger partial charge in [0, 0.05) is 55.8 Å². The maximum Gasteiger partial charge on any atom is 0.319 e. The van der Waals surface area contributed by atoms with Gasteiger partial charge in [0.15, 0.2) is 0 Å². The van der Waals surface area contributed by atoms with Gasteiger partial charge >= 0.3 is 12.1 Å². The Hall–Kier alpha value is -4.12. The molecule has 2 aromatic carbocycles. The summed E-state index contributed by atoms with van der Waals surface area (Å²) in [5, 5.41) is 17.2. The standard InChI is InChI=1S/C30H40N8O3/c1-5-37(15-14-36(3)4)27(39)25(18-21-16-20(2)26-22(17-21)19-31-35-26)33-29(41)38-12-10-30(11-13-38)23-8-6-7-9-24(23)32-28(40)34-30/h6-9,16-17,19,25H,5,10-15,18H2,1-4H3,(H,31,35)(H,33,41)(H2,32,34,40). The molecule has 0 bridgehead atoms. The van der Waals surface area contributed by atoms with Crippen molar-refractivity contribution in [3.63, 3.8) is 0 Å². The summed E-state index contributed by atoms with van der Waals surface area (Å²) in [5.74, 6) is -0.0966. The number of rotatable bonds is 8. The molecule has 2 aliphatic heterocycles. The summed E-state index contributed by atoms with van der Waals surface area (Å²) in [7, 11) is 3.96. The van der Waals surface area contributed by atoms with Crippen LogP contribution in [0.2, 0.25) is 0 Å². The molecular weight excluding hydrogens is 520 g/mol. The summed E-state index contributed by atoms with van der Waals surface area (Å²) in [6.07, 6.45) is 3.32. The summed E-state index contributed by atoms with van der Waals surface area (Å²) in [5.41, 5.74) is 4.30. The average molecular weight is 561 g/mol. The van der Waals surface area contributed by atoms with Crippen molar-refractivity contribution in [3.05, 3.63) is 59.3 Å².